The molecule has 1 atom stereocenters. The Labute approximate surface area is 179 Å². The van der Waals surface area contributed by atoms with Gasteiger partial charge in [-0.3, -0.25) is 0 Å². The summed E-state index contributed by atoms with van der Waals surface area (Å²) in [5, 5.41) is 1.26. The number of aryl methyl sites for hydroxylation is 1. The van der Waals surface area contributed by atoms with E-state index in [9.17, 15) is 4.79 Å². The molecule has 1 saturated heterocycles. The van der Waals surface area contributed by atoms with Crippen LogP contribution in [0.2, 0.25) is 0 Å². The number of benzene rings is 1. The highest BCUT2D eigenvalue weighted by molar-refractivity contribution is 7.99. The van der Waals surface area contributed by atoms with Crippen molar-refractivity contribution >= 4 is 30.5 Å². The number of thioether (sulfide) groups is 1. The van der Waals surface area contributed by atoms with Crippen molar-refractivity contribution in [3.05, 3.63) is 60.4 Å². The third-order valence-electron chi connectivity index (χ3n) is 4.96. The summed E-state index contributed by atoms with van der Waals surface area (Å²) in [6.45, 7) is 1.38. The van der Waals surface area contributed by atoms with Crippen molar-refractivity contribution < 1.29 is 9.53 Å². The van der Waals surface area contributed by atoms with E-state index < -0.39 is 0 Å². The van der Waals surface area contributed by atoms with Crippen molar-refractivity contribution in [3.8, 4) is 5.75 Å². The minimum Gasteiger partial charge on any atom is -0.410 e. The van der Waals surface area contributed by atoms with Gasteiger partial charge in [0.05, 0.1) is 5.25 Å². The minimum absolute atomic E-state index is 0.134. The molecule has 3 aromatic rings. The van der Waals surface area contributed by atoms with Crippen LogP contribution >= 0.6 is 24.4 Å². The van der Waals surface area contributed by atoms with Gasteiger partial charge in [-0.05, 0) is 30.5 Å². The Balaban J connectivity index is 1.29. The van der Waals surface area contributed by atoms with Crippen LogP contribution in [0.5, 0.6) is 5.75 Å². The molecule has 1 unspecified atom stereocenters. The Morgan fingerprint density at radius 2 is 2.00 bits per heavy atom. The van der Waals surface area contributed by atoms with E-state index >= 15 is 0 Å². The minimum atomic E-state index is -0.300. The van der Waals surface area contributed by atoms with E-state index in [2.05, 4.69) is 27.6 Å². The zero-order valence-electron chi connectivity index (χ0n) is 16.1. The van der Waals surface area contributed by atoms with Crippen LogP contribution < -0.4 is 4.74 Å². The molecule has 1 amide bonds. The first-order valence-corrected chi connectivity index (χ1v) is 10.9. The molecule has 1 aliphatic heterocycles. The Bertz CT molecular complexity index is 934. The number of nitrogens with zero attached hydrogens (tertiary/aromatic N) is 4. The molecular formula is C20H23N5O2S2. The van der Waals surface area contributed by atoms with Gasteiger partial charge in [-0.15, -0.1) is 0 Å². The highest BCUT2D eigenvalue weighted by atomic mass is 32.2. The number of piperidine rings is 1. The van der Waals surface area contributed by atoms with E-state index in [0.29, 0.717) is 24.1 Å². The quantitative estimate of drug-likeness (QED) is 0.601. The molecule has 0 aliphatic carbocycles. The topological polar surface area (TPSA) is 76.0 Å². The van der Waals surface area contributed by atoms with Crippen LogP contribution in [0.3, 0.4) is 0 Å². The van der Waals surface area contributed by atoms with E-state index in [1.54, 1.807) is 41.2 Å². The highest BCUT2D eigenvalue weighted by Gasteiger charge is 2.25. The van der Waals surface area contributed by atoms with Gasteiger partial charge >= 0.3 is 6.09 Å². The Morgan fingerprint density at radius 1 is 1.24 bits per heavy atom. The lowest BCUT2D eigenvalue weighted by molar-refractivity contribution is 0.143. The number of ether oxygens (including phenoxy) is 1. The largest absolute Gasteiger partial charge is 0.415 e. The van der Waals surface area contributed by atoms with Gasteiger partial charge in [-0.25, -0.2) is 14.8 Å². The highest BCUT2D eigenvalue weighted by Crippen LogP contribution is 2.30. The van der Waals surface area contributed by atoms with Gasteiger partial charge in [0.25, 0.3) is 0 Å². The van der Waals surface area contributed by atoms with Crippen molar-refractivity contribution in [1.29, 1.82) is 0 Å². The van der Waals surface area contributed by atoms with Crippen LogP contribution in [-0.4, -0.2) is 48.9 Å². The average Bonchev–Trinajstić information content (AvgIpc) is 3.40. The van der Waals surface area contributed by atoms with E-state index in [-0.39, 0.29) is 11.3 Å². The SMILES string of the molecule is Cn1ccnc1C(S)c1ccc(OC(=O)N2CCC(Sc3ncc[nH]3)CC2)cc1. The van der Waals surface area contributed by atoms with Crippen molar-refractivity contribution in [3.63, 3.8) is 0 Å². The summed E-state index contributed by atoms with van der Waals surface area (Å²) in [5.41, 5.74) is 0.998. The molecule has 152 valence electrons. The van der Waals surface area contributed by atoms with E-state index in [1.807, 2.05) is 36.1 Å². The molecule has 7 nitrogen and oxygen atoms in total. The van der Waals surface area contributed by atoms with Gasteiger partial charge in [0.2, 0.25) is 0 Å². The smallest absolute Gasteiger partial charge is 0.410 e. The molecule has 0 saturated carbocycles. The molecule has 0 radical (unpaired) electrons. The molecule has 9 heteroatoms. The van der Waals surface area contributed by atoms with Gasteiger partial charge < -0.3 is 19.2 Å². The molecular weight excluding hydrogens is 406 g/mol. The third-order valence-corrected chi connectivity index (χ3v) is 6.74. The number of carbonyl (C=O) groups excluding carboxylic acids is 1. The van der Waals surface area contributed by atoms with Crippen molar-refractivity contribution in [1.82, 2.24) is 24.4 Å². The van der Waals surface area contributed by atoms with Crippen LogP contribution in [0, 0.1) is 0 Å². The summed E-state index contributed by atoms with van der Waals surface area (Å²) in [6.07, 6.45) is 8.77. The van der Waals surface area contributed by atoms with Crippen LogP contribution in [0.25, 0.3) is 0 Å². The number of likely N-dealkylation sites (tertiary alicyclic amines) is 1. The van der Waals surface area contributed by atoms with Crippen molar-refractivity contribution in [2.45, 2.75) is 28.5 Å². The number of rotatable bonds is 5. The molecule has 1 aliphatic rings. The fourth-order valence-corrected chi connectivity index (χ4v) is 4.74. The van der Waals surface area contributed by atoms with Gasteiger partial charge in [0.1, 0.15) is 11.6 Å². The number of nitrogens with one attached hydrogen (secondary N) is 1. The Morgan fingerprint density at radius 3 is 2.62 bits per heavy atom. The average molecular weight is 430 g/mol. The molecule has 1 aromatic carbocycles. The molecule has 1 fully saturated rings. The van der Waals surface area contributed by atoms with Gasteiger partial charge in [-0.1, -0.05) is 23.9 Å². The summed E-state index contributed by atoms with van der Waals surface area (Å²) in [7, 11) is 1.94. The lowest BCUT2D eigenvalue weighted by Crippen LogP contribution is -2.40. The van der Waals surface area contributed by atoms with Gasteiger partial charge in [0.15, 0.2) is 5.16 Å². The maximum absolute atomic E-state index is 12.5. The number of imidazole rings is 2. The number of H-pyrrole nitrogens is 1. The summed E-state index contributed by atoms with van der Waals surface area (Å²) in [5.74, 6) is 1.40. The summed E-state index contributed by atoms with van der Waals surface area (Å²) in [4.78, 5) is 26.0. The Hall–Kier alpha value is -2.39. The molecule has 1 N–H and O–H groups in total. The monoisotopic (exact) mass is 429 g/mol. The second-order valence-corrected chi connectivity index (χ2v) is 8.74. The first kappa shape index (κ1) is 19.9. The fourth-order valence-electron chi connectivity index (χ4n) is 3.30. The Kier molecular flexibility index (Phi) is 6.15. The first-order chi connectivity index (χ1) is 14.1. The lowest BCUT2D eigenvalue weighted by Gasteiger charge is -2.30. The van der Waals surface area contributed by atoms with Crippen molar-refractivity contribution in [2.75, 3.05) is 13.1 Å². The second-order valence-electron chi connectivity index (χ2n) is 6.93. The standard InChI is InChI=1S/C20H23N5O2S2/c1-24-13-10-21-18(24)17(28)14-2-4-15(5-3-14)27-20(26)25-11-6-16(7-12-25)29-19-22-8-9-23-19/h2-5,8-10,13,16-17,28H,6-7,11-12H2,1H3,(H,22,23). The maximum Gasteiger partial charge on any atom is 0.415 e. The third kappa shape index (κ3) is 4.79. The number of aromatic amines is 1. The molecule has 29 heavy (non-hydrogen) atoms. The number of carbonyl (C=O) groups is 1. The molecule has 2 aromatic heterocycles. The number of hydrogen-bond donors (Lipinski definition) is 2. The predicted octanol–water partition coefficient (Wildman–Crippen LogP) is 3.92. The van der Waals surface area contributed by atoms with Crippen LogP contribution in [-0.2, 0) is 7.05 Å². The van der Waals surface area contributed by atoms with Crippen LogP contribution in [0.1, 0.15) is 29.5 Å². The zero-order valence-corrected chi connectivity index (χ0v) is 17.8. The number of aromatic nitrogens is 4. The zero-order chi connectivity index (χ0) is 20.2. The molecule has 0 bridgehead atoms. The van der Waals surface area contributed by atoms with E-state index in [0.717, 1.165) is 29.4 Å². The number of thiol groups is 1. The van der Waals surface area contributed by atoms with Gasteiger partial charge in [-0.2, -0.15) is 12.6 Å². The molecule has 4 rings (SSSR count). The second kappa shape index (κ2) is 8.96. The first-order valence-electron chi connectivity index (χ1n) is 9.48. The fraction of sp³-hybridized carbons (Fsp3) is 0.350. The van der Waals surface area contributed by atoms with E-state index in [1.165, 1.54) is 0 Å². The predicted molar refractivity (Wildman–Crippen MR) is 116 cm³/mol. The summed E-state index contributed by atoms with van der Waals surface area (Å²) >= 11 is 6.40. The summed E-state index contributed by atoms with van der Waals surface area (Å²) in [6, 6.07) is 7.44. The number of hydrogen-bond acceptors (Lipinski definition) is 6. The van der Waals surface area contributed by atoms with E-state index in [4.69, 9.17) is 4.74 Å². The van der Waals surface area contributed by atoms with Crippen molar-refractivity contribution in [2.24, 2.45) is 7.05 Å². The van der Waals surface area contributed by atoms with Crippen LogP contribution in [0.4, 0.5) is 4.79 Å². The maximum atomic E-state index is 12.5. The molecule has 3 heterocycles. The van der Waals surface area contributed by atoms with Gasteiger partial charge in [0, 0.05) is 50.2 Å². The summed E-state index contributed by atoms with van der Waals surface area (Å²) < 4.78 is 7.50. The number of amides is 1. The lowest BCUT2D eigenvalue weighted by atomic mass is 10.1. The molecule has 0 spiro atoms. The normalized spacial score (nSPS) is 16.0. The van der Waals surface area contributed by atoms with Crippen LogP contribution in [0.15, 0.2) is 54.2 Å².